The molecule has 1 aromatic heterocycles. The highest BCUT2D eigenvalue weighted by Gasteiger charge is 2.20. The minimum atomic E-state index is -0.469. The van der Waals surface area contributed by atoms with Crippen LogP contribution in [0.4, 0.5) is 5.69 Å². The van der Waals surface area contributed by atoms with Gasteiger partial charge in [-0.3, -0.25) is 10.1 Å². The SMILES string of the molecule is O=[N+]([O-])c1ccc(-c2onc(-c3ccccc3Br)c2CO)cc1. The van der Waals surface area contributed by atoms with Gasteiger partial charge in [-0.05, 0) is 18.2 Å². The summed E-state index contributed by atoms with van der Waals surface area (Å²) >= 11 is 3.45. The van der Waals surface area contributed by atoms with Crippen LogP contribution in [0.25, 0.3) is 22.6 Å². The number of aliphatic hydroxyl groups excluding tert-OH is 1. The van der Waals surface area contributed by atoms with Crippen molar-refractivity contribution < 1.29 is 14.6 Å². The van der Waals surface area contributed by atoms with Crippen molar-refractivity contribution in [2.24, 2.45) is 0 Å². The average molecular weight is 375 g/mol. The molecule has 0 aliphatic carbocycles. The Balaban J connectivity index is 2.08. The van der Waals surface area contributed by atoms with Crippen LogP contribution in [0.2, 0.25) is 0 Å². The molecule has 0 saturated carbocycles. The van der Waals surface area contributed by atoms with Gasteiger partial charge in [0.2, 0.25) is 0 Å². The lowest BCUT2D eigenvalue weighted by atomic mass is 10.0. The molecule has 3 aromatic rings. The minimum Gasteiger partial charge on any atom is -0.391 e. The molecule has 7 heteroatoms. The molecule has 0 saturated heterocycles. The molecule has 0 aliphatic heterocycles. The van der Waals surface area contributed by atoms with Crippen molar-refractivity contribution in [3.05, 3.63) is 68.7 Å². The quantitative estimate of drug-likeness (QED) is 0.546. The van der Waals surface area contributed by atoms with Gasteiger partial charge in [0.15, 0.2) is 5.76 Å². The standard InChI is InChI=1S/C16H11BrN2O4/c17-14-4-2-1-3-12(14)15-13(9-20)16(23-18-15)10-5-7-11(8-6-10)19(21)22/h1-8,20H,9H2. The summed E-state index contributed by atoms with van der Waals surface area (Å²) in [5.41, 5.74) is 2.47. The summed E-state index contributed by atoms with van der Waals surface area (Å²) in [6, 6.07) is 13.4. The minimum absolute atomic E-state index is 0.00941. The topological polar surface area (TPSA) is 89.4 Å². The number of hydrogen-bond acceptors (Lipinski definition) is 5. The van der Waals surface area contributed by atoms with Crippen LogP contribution >= 0.6 is 15.9 Å². The molecule has 0 atom stereocenters. The molecule has 23 heavy (non-hydrogen) atoms. The van der Waals surface area contributed by atoms with E-state index in [0.29, 0.717) is 22.6 Å². The molecule has 0 aliphatic rings. The second kappa shape index (κ2) is 6.31. The zero-order valence-corrected chi connectivity index (χ0v) is 13.4. The van der Waals surface area contributed by atoms with E-state index in [9.17, 15) is 15.2 Å². The van der Waals surface area contributed by atoms with Gasteiger partial charge in [-0.15, -0.1) is 0 Å². The first-order valence-corrected chi connectivity index (χ1v) is 7.50. The second-order valence-corrected chi connectivity index (χ2v) is 5.64. The fraction of sp³-hybridized carbons (Fsp3) is 0.0625. The molecule has 0 unspecified atom stereocenters. The van der Waals surface area contributed by atoms with Crippen LogP contribution in [-0.2, 0) is 6.61 Å². The molecule has 3 rings (SSSR count). The van der Waals surface area contributed by atoms with Gasteiger partial charge in [-0.25, -0.2) is 0 Å². The van der Waals surface area contributed by atoms with Gasteiger partial charge in [0, 0.05) is 27.7 Å². The smallest absolute Gasteiger partial charge is 0.269 e. The summed E-state index contributed by atoms with van der Waals surface area (Å²) in [7, 11) is 0. The summed E-state index contributed by atoms with van der Waals surface area (Å²) in [4.78, 5) is 10.3. The Bertz CT molecular complexity index is 859. The van der Waals surface area contributed by atoms with Gasteiger partial charge >= 0.3 is 0 Å². The molecular formula is C16H11BrN2O4. The van der Waals surface area contributed by atoms with E-state index in [1.807, 2.05) is 24.3 Å². The number of non-ortho nitro benzene ring substituents is 1. The highest BCUT2D eigenvalue weighted by molar-refractivity contribution is 9.10. The van der Waals surface area contributed by atoms with Gasteiger partial charge < -0.3 is 9.63 Å². The molecule has 0 fully saturated rings. The number of benzene rings is 2. The normalized spacial score (nSPS) is 10.7. The summed E-state index contributed by atoms with van der Waals surface area (Å²) in [6.45, 7) is -0.257. The number of rotatable bonds is 4. The van der Waals surface area contributed by atoms with E-state index in [2.05, 4.69) is 21.1 Å². The summed E-state index contributed by atoms with van der Waals surface area (Å²) in [5, 5.41) is 24.5. The Kier molecular flexibility index (Phi) is 4.22. The first kappa shape index (κ1) is 15.4. The lowest BCUT2D eigenvalue weighted by Gasteiger charge is -2.03. The molecule has 1 N–H and O–H groups in total. The molecular weight excluding hydrogens is 364 g/mol. The summed E-state index contributed by atoms with van der Waals surface area (Å²) in [5.74, 6) is 0.396. The van der Waals surface area contributed by atoms with E-state index in [1.54, 1.807) is 12.1 Å². The summed E-state index contributed by atoms with van der Waals surface area (Å²) < 4.78 is 6.21. The third-order valence-electron chi connectivity index (χ3n) is 3.42. The van der Waals surface area contributed by atoms with Crippen LogP contribution in [0.1, 0.15) is 5.56 Å². The van der Waals surface area contributed by atoms with E-state index in [4.69, 9.17) is 4.52 Å². The van der Waals surface area contributed by atoms with Crippen LogP contribution in [0.5, 0.6) is 0 Å². The van der Waals surface area contributed by atoms with Crippen LogP contribution in [0, 0.1) is 10.1 Å². The van der Waals surface area contributed by atoms with E-state index in [1.165, 1.54) is 12.1 Å². The predicted molar refractivity (Wildman–Crippen MR) is 87.7 cm³/mol. The molecule has 1 heterocycles. The molecule has 0 amide bonds. The van der Waals surface area contributed by atoms with Gasteiger partial charge in [0.05, 0.1) is 17.1 Å². The van der Waals surface area contributed by atoms with Crippen LogP contribution in [0.3, 0.4) is 0 Å². The maximum atomic E-state index is 10.7. The third kappa shape index (κ3) is 2.88. The Morgan fingerprint density at radius 1 is 1.17 bits per heavy atom. The Labute approximate surface area is 139 Å². The first-order valence-electron chi connectivity index (χ1n) is 6.71. The molecule has 0 bridgehead atoms. The number of nitro benzene ring substituents is 1. The largest absolute Gasteiger partial charge is 0.391 e. The highest BCUT2D eigenvalue weighted by Crippen LogP contribution is 2.35. The first-order chi connectivity index (χ1) is 11.1. The molecule has 2 aromatic carbocycles. The number of hydrogen-bond donors (Lipinski definition) is 1. The van der Waals surface area contributed by atoms with E-state index < -0.39 is 4.92 Å². The van der Waals surface area contributed by atoms with Crippen molar-refractivity contribution in [3.63, 3.8) is 0 Å². The fourth-order valence-corrected chi connectivity index (χ4v) is 2.75. The van der Waals surface area contributed by atoms with Crippen LogP contribution < -0.4 is 0 Å². The number of nitrogens with zero attached hydrogens (tertiary/aromatic N) is 2. The predicted octanol–water partition coefficient (Wildman–Crippen LogP) is 4.17. The van der Waals surface area contributed by atoms with Crippen molar-refractivity contribution in [2.75, 3.05) is 0 Å². The fourth-order valence-electron chi connectivity index (χ4n) is 2.28. The Morgan fingerprint density at radius 2 is 1.87 bits per heavy atom. The van der Waals surface area contributed by atoms with Gasteiger partial charge in [0.1, 0.15) is 5.69 Å². The monoisotopic (exact) mass is 374 g/mol. The molecule has 0 radical (unpaired) electrons. The number of halogens is 1. The lowest BCUT2D eigenvalue weighted by Crippen LogP contribution is -1.91. The Hall–Kier alpha value is -2.51. The Morgan fingerprint density at radius 3 is 2.48 bits per heavy atom. The maximum Gasteiger partial charge on any atom is 0.269 e. The molecule has 6 nitrogen and oxygen atoms in total. The van der Waals surface area contributed by atoms with Crippen molar-refractivity contribution >= 4 is 21.6 Å². The van der Waals surface area contributed by atoms with Crippen LogP contribution in [-0.4, -0.2) is 15.2 Å². The maximum absolute atomic E-state index is 10.7. The van der Waals surface area contributed by atoms with Gasteiger partial charge in [-0.1, -0.05) is 39.3 Å². The summed E-state index contributed by atoms with van der Waals surface area (Å²) in [6.07, 6.45) is 0. The lowest BCUT2D eigenvalue weighted by molar-refractivity contribution is -0.384. The van der Waals surface area contributed by atoms with Gasteiger partial charge in [0.25, 0.3) is 5.69 Å². The van der Waals surface area contributed by atoms with E-state index in [-0.39, 0.29) is 12.3 Å². The van der Waals surface area contributed by atoms with Crippen molar-refractivity contribution in [1.29, 1.82) is 0 Å². The zero-order chi connectivity index (χ0) is 16.4. The van der Waals surface area contributed by atoms with Crippen molar-refractivity contribution in [2.45, 2.75) is 6.61 Å². The highest BCUT2D eigenvalue weighted by atomic mass is 79.9. The number of aromatic nitrogens is 1. The molecule has 116 valence electrons. The van der Waals surface area contributed by atoms with Crippen LogP contribution in [0.15, 0.2) is 57.5 Å². The third-order valence-corrected chi connectivity index (χ3v) is 4.11. The van der Waals surface area contributed by atoms with E-state index >= 15 is 0 Å². The number of aliphatic hydroxyl groups is 1. The zero-order valence-electron chi connectivity index (χ0n) is 11.8. The van der Waals surface area contributed by atoms with Crippen molar-refractivity contribution in [1.82, 2.24) is 5.16 Å². The second-order valence-electron chi connectivity index (χ2n) is 4.78. The van der Waals surface area contributed by atoms with Gasteiger partial charge in [-0.2, -0.15) is 0 Å². The van der Waals surface area contributed by atoms with E-state index in [0.717, 1.165) is 10.0 Å². The van der Waals surface area contributed by atoms with Crippen molar-refractivity contribution in [3.8, 4) is 22.6 Å². The number of nitro groups is 1. The average Bonchev–Trinajstić information content (AvgIpc) is 2.99. The molecule has 0 spiro atoms.